The molecule has 1 unspecified atom stereocenters. The minimum absolute atomic E-state index is 0.0166. The summed E-state index contributed by atoms with van der Waals surface area (Å²) in [6.45, 7) is 1.71. The van der Waals surface area contributed by atoms with Gasteiger partial charge in [-0.2, -0.15) is 0 Å². The van der Waals surface area contributed by atoms with Gasteiger partial charge >= 0.3 is 0 Å². The van der Waals surface area contributed by atoms with E-state index in [4.69, 9.17) is 0 Å². The number of carbonyl (C=O) groups excluding carboxylic acids is 2. The molecule has 2 N–H and O–H groups in total. The Morgan fingerprint density at radius 2 is 2.10 bits per heavy atom. The number of amides is 2. The average molecular weight is 390 g/mol. The van der Waals surface area contributed by atoms with Crippen LogP contribution in [0.2, 0.25) is 0 Å². The number of nitrogens with one attached hydrogen (secondary N) is 2. The predicted molar refractivity (Wildman–Crippen MR) is 112 cm³/mol. The van der Waals surface area contributed by atoms with E-state index in [9.17, 15) is 9.59 Å². The fraction of sp³-hybridized carbons (Fsp3) is 0.348. The van der Waals surface area contributed by atoms with Gasteiger partial charge in [-0.25, -0.2) is 0 Å². The van der Waals surface area contributed by atoms with E-state index in [0.29, 0.717) is 25.9 Å². The number of nitrogens with zero attached hydrogens (tertiary/aromatic N) is 2. The summed E-state index contributed by atoms with van der Waals surface area (Å²) < 4.78 is 0. The van der Waals surface area contributed by atoms with Crippen molar-refractivity contribution >= 4 is 22.7 Å². The van der Waals surface area contributed by atoms with Crippen molar-refractivity contribution in [1.29, 1.82) is 0 Å². The topological polar surface area (TPSA) is 78.1 Å². The van der Waals surface area contributed by atoms with E-state index in [1.165, 1.54) is 5.39 Å². The summed E-state index contributed by atoms with van der Waals surface area (Å²) in [4.78, 5) is 34.5. The quantitative estimate of drug-likeness (QED) is 0.679. The van der Waals surface area contributed by atoms with Crippen LogP contribution >= 0.6 is 0 Å². The van der Waals surface area contributed by atoms with Gasteiger partial charge in [0.25, 0.3) is 0 Å². The van der Waals surface area contributed by atoms with Crippen molar-refractivity contribution in [1.82, 2.24) is 20.2 Å². The van der Waals surface area contributed by atoms with Crippen molar-refractivity contribution < 1.29 is 9.59 Å². The standard InChI is InChI=1S/C23H26N4O2/c28-22(10-9-18-15-25-21-8-2-1-7-20(18)21)27-12-4-6-19(16-27)23(29)26-14-17-5-3-11-24-13-17/h1-3,5,7-8,11,13,15,19,25H,4,6,9-10,12,14,16H2,(H,26,29). The van der Waals surface area contributed by atoms with Crippen LogP contribution in [0.25, 0.3) is 10.9 Å². The lowest BCUT2D eigenvalue weighted by molar-refractivity contribution is -0.135. The van der Waals surface area contributed by atoms with Crippen LogP contribution in [-0.4, -0.2) is 39.8 Å². The molecule has 0 bridgehead atoms. The molecule has 6 nitrogen and oxygen atoms in total. The van der Waals surface area contributed by atoms with E-state index in [-0.39, 0.29) is 17.7 Å². The number of likely N-dealkylation sites (tertiary alicyclic amines) is 1. The Morgan fingerprint density at radius 3 is 2.97 bits per heavy atom. The maximum Gasteiger partial charge on any atom is 0.225 e. The van der Waals surface area contributed by atoms with Crippen molar-refractivity contribution in [3.63, 3.8) is 0 Å². The second-order valence-corrected chi connectivity index (χ2v) is 7.62. The Labute approximate surface area is 170 Å². The molecule has 6 heteroatoms. The number of pyridine rings is 1. The lowest BCUT2D eigenvalue weighted by Gasteiger charge is -2.32. The van der Waals surface area contributed by atoms with Crippen LogP contribution in [0.15, 0.2) is 55.0 Å². The van der Waals surface area contributed by atoms with Gasteiger partial charge < -0.3 is 15.2 Å². The zero-order valence-electron chi connectivity index (χ0n) is 16.4. The third-order valence-electron chi connectivity index (χ3n) is 5.62. The Hall–Kier alpha value is -3.15. The predicted octanol–water partition coefficient (Wildman–Crippen LogP) is 3.05. The summed E-state index contributed by atoms with van der Waals surface area (Å²) in [5.74, 6) is 0.000447. The van der Waals surface area contributed by atoms with E-state index in [2.05, 4.69) is 21.4 Å². The average Bonchev–Trinajstić information content (AvgIpc) is 3.20. The van der Waals surface area contributed by atoms with Crippen molar-refractivity contribution in [2.75, 3.05) is 13.1 Å². The van der Waals surface area contributed by atoms with Gasteiger partial charge in [-0.3, -0.25) is 14.6 Å². The van der Waals surface area contributed by atoms with Crippen LogP contribution < -0.4 is 5.32 Å². The number of benzene rings is 1. The smallest absolute Gasteiger partial charge is 0.225 e. The van der Waals surface area contributed by atoms with Crippen molar-refractivity contribution in [3.05, 3.63) is 66.1 Å². The van der Waals surface area contributed by atoms with Gasteiger partial charge in [-0.15, -0.1) is 0 Å². The Kier molecular flexibility index (Phi) is 5.89. The number of H-pyrrole nitrogens is 1. The number of fused-ring (bicyclic) bond motifs is 1. The van der Waals surface area contributed by atoms with Gasteiger partial charge in [0.2, 0.25) is 11.8 Å². The van der Waals surface area contributed by atoms with Crippen LogP contribution in [0.1, 0.15) is 30.4 Å². The molecule has 150 valence electrons. The van der Waals surface area contributed by atoms with Crippen molar-refractivity contribution in [2.45, 2.75) is 32.2 Å². The zero-order chi connectivity index (χ0) is 20.1. The van der Waals surface area contributed by atoms with Gasteiger partial charge in [0.1, 0.15) is 0 Å². The molecule has 0 radical (unpaired) electrons. The molecule has 2 aromatic heterocycles. The monoisotopic (exact) mass is 390 g/mol. The van der Waals surface area contributed by atoms with E-state index in [0.717, 1.165) is 36.0 Å². The third-order valence-corrected chi connectivity index (χ3v) is 5.62. The summed E-state index contributed by atoms with van der Waals surface area (Å²) in [6.07, 6.45) is 8.31. The summed E-state index contributed by atoms with van der Waals surface area (Å²) in [5.41, 5.74) is 3.23. The number of piperidine rings is 1. The molecular formula is C23H26N4O2. The summed E-state index contributed by atoms with van der Waals surface area (Å²) in [5, 5.41) is 4.15. The second-order valence-electron chi connectivity index (χ2n) is 7.62. The van der Waals surface area contributed by atoms with Crippen LogP contribution in [0, 0.1) is 5.92 Å². The SMILES string of the molecule is O=C(NCc1cccnc1)C1CCCN(C(=O)CCc2c[nH]c3ccccc23)C1. The van der Waals surface area contributed by atoms with Crippen LogP contribution in [0.3, 0.4) is 0 Å². The number of hydrogen-bond donors (Lipinski definition) is 2. The van der Waals surface area contributed by atoms with Gasteiger partial charge in [0.15, 0.2) is 0 Å². The first-order chi connectivity index (χ1) is 14.2. The molecule has 3 heterocycles. The maximum absolute atomic E-state index is 12.8. The molecule has 1 saturated heterocycles. The van der Waals surface area contributed by atoms with Crippen molar-refractivity contribution in [3.8, 4) is 0 Å². The molecule has 1 atom stereocenters. The number of rotatable bonds is 6. The van der Waals surface area contributed by atoms with Crippen LogP contribution in [-0.2, 0) is 22.6 Å². The highest BCUT2D eigenvalue weighted by molar-refractivity contribution is 5.84. The van der Waals surface area contributed by atoms with Crippen molar-refractivity contribution in [2.24, 2.45) is 5.92 Å². The van der Waals surface area contributed by atoms with Gasteiger partial charge in [0.05, 0.1) is 5.92 Å². The first-order valence-electron chi connectivity index (χ1n) is 10.2. The Balaban J connectivity index is 1.29. The number of aromatic nitrogens is 2. The molecule has 3 aromatic rings. The normalized spacial score (nSPS) is 16.7. The summed E-state index contributed by atoms with van der Waals surface area (Å²) in [7, 11) is 0. The highest BCUT2D eigenvalue weighted by Crippen LogP contribution is 2.21. The minimum atomic E-state index is -0.141. The number of aromatic amines is 1. The first-order valence-corrected chi connectivity index (χ1v) is 10.2. The highest BCUT2D eigenvalue weighted by atomic mass is 16.2. The lowest BCUT2D eigenvalue weighted by atomic mass is 9.96. The number of carbonyl (C=O) groups is 2. The fourth-order valence-electron chi connectivity index (χ4n) is 3.99. The maximum atomic E-state index is 12.8. The Bertz CT molecular complexity index is 983. The largest absolute Gasteiger partial charge is 0.361 e. The molecule has 0 aliphatic carbocycles. The summed E-state index contributed by atoms with van der Waals surface area (Å²) in [6, 6.07) is 11.9. The molecule has 4 rings (SSSR count). The number of para-hydroxylation sites is 1. The molecular weight excluding hydrogens is 364 g/mol. The first kappa shape index (κ1) is 19.2. The third kappa shape index (κ3) is 4.65. The molecule has 29 heavy (non-hydrogen) atoms. The minimum Gasteiger partial charge on any atom is -0.361 e. The number of hydrogen-bond acceptors (Lipinski definition) is 3. The summed E-state index contributed by atoms with van der Waals surface area (Å²) >= 11 is 0. The van der Waals surface area contributed by atoms with Crippen LogP contribution in [0.4, 0.5) is 0 Å². The molecule has 1 aliphatic rings. The van der Waals surface area contributed by atoms with Gasteiger partial charge in [-0.1, -0.05) is 24.3 Å². The van der Waals surface area contributed by atoms with Gasteiger partial charge in [-0.05, 0) is 42.5 Å². The lowest BCUT2D eigenvalue weighted by Crippen LogP contribution is -2.45. The number of aryl methyl sites for hydroxylation is 1. The molecule has 2 amide bonds. The van der Waals surface area contributed by atoms with Gasteiger partial charge in [0, 0.05) is 55.5 Å². The molecule has 1 aromatic carbocycles. The highest BCUT2D eigenvalue weighted by Gasteiger charge is 2.28. The van der Waals surface area contributed by atoms with E-state index >= 15 is 0 Å². The van der Waals surface area contributed by atoms with E-state index in [1.54, 1.807) is 12.4 Å². The Morgan fingerprint density at radius 1 is 1.21 bits per heavy atom. The molecule has 1 fully saturated rings. The van der Waals surface area contributed by atoms with Crippen LogP contribution in [0.5, 0.6) is 0 Å². The van der Waals surface area contributed by atoms with E-state index in [1.807, 2.05) is 41.4 Å². The zero-order valence-corrected chi connectivity index (χ0v) is 16.4. The second kappa shape index (κ2) is 8.90. The van der Waals surface area contributed by atoms with E-state index < -0.39 is 0 Å². The molecule has 0 saturated carbocycles. The molecule has 0 spiro atoms. The molecule has 1 aliphatic heterocycles. The fourth-order valence-corrected chi connectivity index (χ4v) is 3.99.